The number of aryl methyl sites for hydroxylation is 1. The molecular formula is C12H13FN4O. The molecule has 0 saturated heterocycles. The number of benzene rings is 1. The van der Waals surface area contributed by atoms with E-state index in [1.165, 1.54) is 12.1 Å². The second-order valence-electron chi connectivity index (χ2n) is 3.89. The van der Waals surface area contributed by atoms with Gasteiger partial charge in [-0.1, -0.05) is 12.1 Å². The lowest BCUT2D eigenvalue weighted by molar-refractivity contribution is 0.0948. The van der Waals surface area contributed by atoms with Gasteiger partial charge < -0.3 is 5.32 Å². The average molecular weight is 248 g/mol. The molecule has 0 saturated carbocycles. The Morgan fingerprint density at radius 3 is 2.67 bits per heavy atom. The van der Waals surface area contributed by atoms with Crippen molar-refractivity contribution in [3.05, 3.63) is 47.0 Å². The van der Waals surface area contributed by atoms with Gasteiger partial charge in [-0.3, -0.25) is 4.79 Å². The Kier molecular flexibility index (Phi) is 3.66. The SMILES string of the molecule is Cc1n[nH]nc1C(=O)NCCc1ccc(F)cc1. The van der Waals surface area contributed by atoms with Crippen molar-refractivity contribution in [2.24, 2.45) is 0 Å². The summed E-state index contributed by atoms with van der Waals surface area (Å²) in [5, 5.41) is 12.7. The number of halogens is 1. The Balaban J connectivity index is 1.84. The van der Waals surface area contributed by atoms with Crippen LogP contribution in [0.4, 0.5) is 4.39 Å². The van der Waals surface area contributed by atoms with Gasteiger partial charge in [0.15, 0.2) is 5.69 Å². The quantitative estimate of drug-likeness (QED) is 0.854. The van der Waals surface area contributed by atoms with Crippen molar-refractivity contribution in [2.45, 2.75) is 13.3 Å². The minimum Gasteiger partial charge on any atom is -0.350 e. The summed E-state index contributed by atoms with van der Waals surface area (Å²) in [5.41, 5.74) is 1.83. The van der Waals surface area contributed by atoms with E-state index in [0.717, 1.165) is 5.56 Å². The number of nitrogens with zero attached hydrogens (tertiary/aromatic N) is 2. The molecule has 2 rings (SSSR count). The molecule has 0 atom stereocenters. The molecule has 1 heterocycles. The minimum atomic E-state index is -0.263. The lowest BCUT2D eigenvalue weighted by Gasteiger charge is -2.03. The molecule has 2 aromatic rings. The average Bonchev–Trinajstić information content (AvgIpc) is 2.78. The van der Waals surface area contributed by atoms with E-state index in [2.05, 4.69) is 20.7 Å². The first-order valence-electron chi connectivity index (χ1n) is 5.57. The number of amides is 1. The van der Waals surface area contributed by atoms with E-state index in [4.69, 9.17) is 0 Å². The zero-order valence-electron chi connectivity index (χ0n) is 9.90. The molecule has 0 aliphatic carbocycles. The van der Waals surface area contributed by atoms with Crippen LogP contribution in [0.5, 0.6) is 0 Å². The highest BCUT2D eigenvalue weighted by atomic mass is 19.1. The van der Waals surface area contributed by atoms with E-state index >= 15 is 0 Å². The van der Waals surface area contributed by atoms with Gasteiger partial charge in [-0.25, -0.2) is 4.39 Å². The van der Waals surface area contributed by atoms with Crippen LogP contribution in [-0.2, 0) is 6.42 Å². The van der Waals surface area contributed by atoms with Gasteiger partial charge in [0, 0.05) is 6.54 Å². The second kappa shape index (κ2) is 5.39. The molecule has 0 unspecified atom stereocenters. The Hall–Kier alpha value is -2.24. The van der Waals surface area contributed by atoms with Gasteiger partial charge >= 0.3 is 0 Å². The molecule has 0 aliphatic rings. The lowest BCUT2D eigenvalue weighted by Crippen LogP contribution is -2.26. The van der Waals surface area contributed by atoms with Crippen molar-refractivity contribution in [2.75, 3.05) is 6.54 Å². The van der Waals surface area contributed by atoms with Gasteiger partial charge in [0.05, 0.1) is 5.69 Å². The summed E-state index contributed by atoms with van der Waals surface area (Å²) in [6, 6.07) is 6.20. The first-order valence-corrected chi connectivity index (χ1v) is 5.57. The molecular weight excluding hydrogens is 235 g/mol. The van der Waals surface area contributed by atoms with E-state index in [1.54, 1.807) is 19.1 Å². The third-order valence-electron chi connectivity index (χ3n) is 2.55. The maximum absolute atomic E-state index is 12.7. The predicted octanol–water partition coefficient (Wildman–Crippen LogP) is 1.22. The number of aromatic nitrogens is 3. The van der Waals surface area contributed by atoms with Gasteiger partial charge in [0.2, 0.25) is 0 Å². The highest BCUT2D eigenvalue weighted by Crippen LogP contribution is 2.03. The Labute approximate surface area is 103 Å². The molecule has 0 radical (unpaired) electrons. The lowest BCUT2D eigenvalue weighted by atomic mass is 10.1. The fourth-order valence-electron chi connectivity index (χ4n) is 1.55. The van der Waals surface area contributed by atoms with Crippen molar-refractivity contribution >= 4 is 5.91 Å². The van der Waals surface area contributed by atoms with Crippen LogP contribution in [0.2, 0.25) is 0 Å². The van der Waals surface area contributed by atoms with Crippen LogP contribution in [0.15, 0.2) is 24.3 Å². The van der Waals surface area contributed by atoms with Gasteiger partial charge in [-0.2, -0.15) is 15.4 Å². The zero-order valence-corrected chi connectivity index (χ0v) is 9.90. The zero-order chi connectivity index (χ0) is 13.0. The first kappa shape index (κ1) is 12.2. The number of carbonyl (C=O) groups excluding carboxylic acids is 1. The van der Waals surface area contributed by atoms with Crippen molar-refractivity contribution in [3.63, 3.8) is 0 Å². The summed E-state index contributed by atoms with van der Waals surface area (Å²) in [5.74, 6) is -0.524. The number of aromatic amines is 1. The van der Waals surface area contributed by atoms with Gasteiger partial charge in [0.25, 0.3) is 5.91 Å². The number of hydrogen-bond acceptors (Lipinski definition) is 3. The topological polar surface area (TPSA) is 70.7 Å². The van der Waals surface area contributed by atoms with Crippen LogP contribution < -0.4 is 5.32 Å². The molecule has 2 N–H and O–H groups in total. The van der Waals surface area contributed by atoms with E-state index < -0.39 is 0 Å². The van der Waals surface area contributed by atoms with Crippen LogP contribution in [0.3, 0.4) is 0 Å². The first-order chi connectivity index (χ1) is 8.66. The summed E-state index contributed by atoms with van der Waals surface area (Å²) < 4.78 is 12.7. The molecule has 1 aromatic heterocycles. The van der Waals surface area contributed by atoms with Gasteiger partial charge in [-0.05, 0) is 31.0 Å². The smallest absolute Gasteiger partial charge is 0.273 e. The minimum absolute atomic E-state index is 0.261. The number of carbonyl (C=O) groups is 1. The molecule has 1 amide bonds. The standard InChI is InChI=1S/C12H13FN4O/c1-8-11(16-17-15-8)12(18)14-7-6-9-2-4-10(13)5-3-9/h2-5H,6-7H2,1H3,(H,14,18)(H,15,16,17). The number of H-pyrrole nitrogens is 1. The molecule has 5 nitrogen and oxygen atoms in total. The van der Waals surface area contributed by atoms with E-state index in [9.17, 15) is 9.18 Å². The molecule has 0 spiro atoms. The fourth-order valence-corrected chi connectivity index (χ4v) is 1.55. The third-order valence-corrected chi connectivity index (χ3v) is 2.55. The van der Waals surface area contributed by atoms with E-state index in [0.29, 0.717) is 24.4 Å². The summed E-state index contributed by atoms with van der Waals surface area (Å²) in [6.07, 6.45) is 0.642. The van der Waals surface area contributed by atoms with Crippen LogP contribution >= 0.6 is 0 Å². The van der Waals surface area contributed by atoms with Crippen LogP contribution in [-0.4, -0.2) is 27.9 Å². The highest BCUT2D eigenvalue weighted by molar-refractivity contribution is 5.93. The van der Waals surface area contributed by atoms with Crippen LogP contribution in [0.25, 0.3) is 0 Å². The normalized spacial score (nSPS) is 10.3. The Bertz CT molecular complexity index is 535. The number of nitrogens with one attached hydrogen (secondary N) is 2. The van der Waals surface area contributed by atoms with E-state index in [1.807, 2.05) is 0 Å². The maximum atomic E-state index is 12.7. The third kappa shape index (κ3) is 2.91. The van der Waals surface area contributed by atoms with Crippen molar-refractivity contribution in [3.8, 4) is 0 Å². The number of hydrogen-bond donors (Lipinski definition) is 2. The fraction of sp³-hybridized carbons (Fsp3) is 0.250. The van der Waals surface area contributed by atoms with E-state index in [-0.39, 0.29) is 11.7 Å². The number of rotatable bonds is 4. The van der Waals surface area contributed by atoms with Crippen molar-refractivity contribution in [1.82, 2.24) is 20.7 Å². The summed E-state index contributed by atoms with van der Waals surface area (Å²) in [7, 11) is 0. The summed E-state index contributed by atoms with van der Waals surface area (Å²) in [4.78, 5) is 11.7. The van der Waals surface area contributed by atoms with Crippen molar-refractivity contribution in [1.29, 1.82) is 0 Å². The Morgan fingerprint density at radius 1 is 1.33 bits per heavy atom. The van der Waals surface area contributed by atoms with Crippen LogP contribution in [0.1, 0.15) is 21.7 Å². The van der Waals surface area contributed by atoms with Gasteiger partial charge in [-0.15, -0.1) is 0 Å². The maximum Gasteiger partial charge on any atom is 0.273 e. The molecule has 0 fully saturated rings. The molecule has 0 aliphatic heterocycles. The van der Waals surface area contributed by atoms with Crippen molar-refractivity contribution < 1.29 is 9.18 Å². The molecule has 1 aromatic carbocycles. The largest absolute Gasteiger partial charge is 0.350 e. The van der Waals surface area contributed by atoms with Gasteiger partial charge in [0.1, 0.15) is 5.82 Å². The Morgan fingerprint density at radius 2 is 2.06 bits per heavy atom. The molecule has 94 valence electrons. The monoisotopic (exact) mass is 248 g/mol. The summed E-state index contributed by atoms with van der Waals surface area (Å²) >= 11 is 0. The molecule has 18 heavy (non-hydrogen) atoms. The molecule has 0 bridgehead atoms. The highest BCUT2D eigenvalue weighted by Gasteiger charge is 2.11. The predicted molar refractivity (Wildman–Crippen MR) is 63.6 cm³/mol. The van der Waals surface area contributed by atoms with Crippen LogP contribution in [0, 0.1) is 12.7 Å². The summed E-state index contributed by atoms with van der Waals surface area (Å²) in [6.45, 7) is 2.18. The second-order valence-corrected chi connectivity index (χ2v) is 3.89. The molecule has 6 heteroatoms.